The summed E-state index contributed by atoms with van der Waals surface area (Å²) in [4.78, 5) is 9.66. The summed E-state index contributed by atoms with van der Waals surface area (Å²) >= 11 is 0. The standard InChI is InChI=1S/C9H10F2N2O3S/c1-17(16)3-2-12-8-5-6(10)4-7(11)9(8)13(14)15/h4-5,12H,2-3H2,1H3. The largest absolute Gasteiger partial charge is 0.378 e. The van der Waals surface area contributed by atoms with E-state index in [-0.39, 0.29) is 18.0 Å². The number of nitrogens with one attached hydrogen (secondary N) is 1. The fourth-order valence-electron chi connectivity index (χ4n) is 1.22. The minimum absolute atomic E-state index is 0.132. The maximum atomic E-state index is 13.2. The van der Waals surface area contributed by atoms with Gasteiger partial charge in [0.1, 0.15) is 11.5 Å². The number of hydrogen-bond donors (Lipinski definition) is 1. The Hall–Kier alpha value is -1.57. The molecule has 0 aliphatic heterocycles. The zero-order chi connectivity index (χ0) is 13.0. The van der Waals surface area contributed by atoms with E-state index < -0.39 is 33.0 Å². The summed E-state index contributed by atoms with van der Waals surface area (Å²) in [5, 5.41) is 13.1. The van der Waals surface area contributed by atoms with E-state index >= 15 is 0 Å². The van der Waals surface area contributed by atoms with Crippen LogP contribution in [0.4, 0.5) is 20.2 Å². The molecule has 8 heteroatoms. The molecule has 1 atom stereocenters. The summed E-state index contributed by atoms with van der Waals surface area (Å²) in [5.74, 6) is -1.92. The van der Waals surface area contributed by atoms with E-state index in [1.807, 2.05) is 0 Å². The average molecular weight is 264 g/mol. The molecule has 0 aliphatic rings. The van der Waals surface area contributed by atoms with Gasteiger partial charge in [-0.3, -0.25) is 14.3 Å². The van der Waals surface area contributed by atoms with Crippen LogP contribution in [0.5, 0.6) is 0 Å². The van der Waals surface area contributed by atoms with Crippen molar-refractivity contribution < 1.29 is 17.9 Å². The number of nitrogens with zero attached hydrogens (tertiary/aromatic N) is 1. The molecule has 0 radical (unpaired) electrons. The maximum absolute atomic E-state index is 13.2. The Morgan fingerprint density at radius 3 is 2.65 bits per heavy atom. The molecule has 5 nitrogen and oxygen atoms in total. The van der Waals surface area contributed by atoms with Gasteiger partial charge in [-0.15, -0.1) is 0 Å². The van der Waals surface area contributed by atoms with Gasteiger partial charge < -0.3 is 5.32 Å². The molecule has 0 fully saturated rings. The van der Waals surface area contributed by atoms with E-state index in [2.05, 4.69) is 5.32 Å². The van der Waals surface area contributed by atoms with Crippen molar-refractivity contribution in [1.29, 1.82) is 0 Å². The van der Waals surface area contributed by atoms with Crippen molar-refractivity contribution in [3.63, 3.8) is 0 Å². The number of halogens is 2. The summed E-state index contributed by atoms with van der Waals surface area (Å²) in [6.07, 6.45) is 1.46. The number of nitro groups is 1. The lowest BCUT2D eigenvalue weighted by molar-refractivity contribution is -0.386. The molecule has 0 saturated carbocycles. The van der Waals surface area contributed by atoms with Crippen LogP contribution >= 0.6 is 0 Å². The number of hydrogen-bond acceptors (Lipinski definition) is 4. The van der Waals surface area contributed by atoms with Gasteiger partial charge in [-0.2, -0.15) is 4.39 Å². The molecule has 0 saturated heterocycles. The third-order valence-corrected chi connectivity index (χ3v) is 2.69. The molecular formula is C9H10F2N2O3S. The third kappa shape index (κ3) is 3.74. The highest BCUT2D eigenvalue weighted by molar-refractivity contribution is 7.84. The molecule has 1 aromatic carbocycles. The van der Waals surface area contributed by atoms with Crippen molar-refractivity contribution in [2.45, 2.75) is 0 Å². The molecule has 1 aromatic rings. The third-order valence-electron chi connectivity index (χ3n) is 1.92. The zero-order valence-electron chi connectivity index (χ0n) is 8.91. The van der Waals surface area contributed by atoms with E-state index in [9.17, 15) is 23.1 Å². The predicted molar refractivity (Wildman–Crippen MR) is 60.4 cm³/mol. The van der Waals surface area contributed by atoms with E-state index in [1.165, 1.54) is 6.26 Å². The maximum Gasteiger partial charge on any atom is 0.327 e. The summed E-state index contributed by atoms with van der Waals surface area (Å²) in [7, 11) is -1.09. The molecular weight excluding hydrogens is 254 g/mol. The first kappa shape index (κ1) is 13.5. The quantitative estimate of drug-likeness (QED) is 0.648. The first-order chi connectivity index (χ1) is 7.91. The normalized spacial score (nSPS) is 12.2. The molecule has 0 spiro atoms. The van der Waals surface area contributed by atoms with Crippen LogP contribution < -0.4 is 5.32 Å². The monoisotopic (exact) mass is 264 g/mol. The lowest BCUT2D eigenvalue weighted by Gasteiger charge is -2.06. The zero-order valence-corrected chi connectivity index (χ0v) is 9.72. The molecule has 94 valence electrons. The second-order valence-corrected chi connectivity index (χ2v) is 4.80. The van der Waals surface area contributed by atoms with Crippen LogP contribution in [0.15, 0.2) is 12.1 Å². The molecule has 17 heavy (non-hydrogen) atoms. The Morgan fingerprint density at radius 2 is 2.12 bits per heavy atom. The van der Waals surface area contributed by atoms with Gasteiger partial charge in [0.05, 0.1) is 4.92 Å². The van der Waals surface area contributed by atoms with Crippen LogP contribution in [0.3, 0.4) is 0 Å². The summed E-state index contributed by atoms with van der Waals surface area (Å²) in [5.41, 5.74) is -1.06. The van der Waals surface area contributed by atoms with E-state index in [4.69, 9.17) is 0 Å². The average Bonchev–Trinajstić information content (AvgIpc) is 2.14. The van der Waals surface area contributed by atoms with E-state index in [0.29, 0.717) is 6.07 Å². The van der Waals surface area contributed by atoms with E-state index in [0.717, 1.165) is 6.07 Å². The van der Waals surface area contributed by atoms with Crippen LogP contribution in [0.25, 0.3) is 0 Å². The minimum atomic E-state index is -1.24. The Kier molecular flexibility index (Phi) is 4.50. The Morgan fingerprint density at radius 1 is 1.47 bits per heavy atom. The van der Waals surface area contributed by atoms with Crippen molar-refractivity contribution in [2.75, 3.05) is 23.9 Å². The van der Waals surface area contributed by atoms with Gasteiger partial charge in [-0.1, -0.05) is 0 Å². The second-order valence-electron chi connectivity index (χ2n) is 3.24. The summed E-state index contributed by atoms with van der Waals surface area (Å²) in [6.45, 7) is 0.132. The van der Waals surface area contributed by atoms with Crippen molar-refractivity contribution in [3.8, 4) is 0 Å². The molecule has 0 aliphatic carbocycles. The number of anilines is 1. The Balaban J connectivity index is 2.96. The second kappa shape index (κ2) is 5.67. The molecule has 0 heterocycles. The highest BCUT2D eigenvalue weighted by atomic mass is 32.2. The lowest BCUT2D eigenvalue weighted by Crippen LogP contribution is -2.12. The lowest BCUT2D eigenvalue weighted by atomic mass is 10.2. The molecule has 1 N–H and O–H groups in total. The van der Waals surface area contributed by atoms with Gasteiger partial charge in [-0.05, 0) is 0 Å². The highest BCUT2D eigenvalue weighted by Crippen LogP contribution is 2.28. The smallest absolute Gasteiger partial charge is 0.327 e. The molecule has 1 unspecified atom stereocenters. The fourth-order valence-corrected chi connectivity index (χ4v) is 1.61. The van der Waals surface area contributed by atoms with Crippen LogP contribution in [-0.2, 0) is 10.8 Å². The van der Waals surface area contributed by atoms with Gasteiger partial charge in [0.2, 0.25) is 5.82 Å². The van der Waals surface area contributed by atoms with Crippen molar-refractivity contribution >= 4 is 22.2 Å². The van der Waals surface area contributed by atoms with Crippen LogP contribution in [0, 0.1) is 21.7 Å². The Bertz CT molecular complexity index is 468. The van der Waals surface area contributed by atoms with Crippen molar-refractivity contribution in [2.24, 2.45) is 0 Å². The van der Waals surface area contributed by atoms with Gasteiger partial charge in [0.25, 0.3) is 0 Å². The topological polar surface area (TPSA) is 72.2 Å². The predicted octanol–water partition coefficient (Wildman–Crippen LogP) is 1.66. The number of nitro benzene ring substituents is 1. The SMILES string of the molecule is CS(=O)CCNc1cc(F)cc(F)c1[N+](=O)[O-]. The number of rotatable bonds is 5. The summed E-state index contributed by atoms with van der Waals surface area (Å²) in [6, 6.07) is 1.28. The minimum Gasteiger partial charge on any atom is -0.378 e. The molecule has 1 rings (SSSR count). The van der Waals surface area contributed by atoms with Gasteiger partial charge in [0.15, 0.2) is 0 Å². The van der Waals surface area contributed by atoms with Crippen LogP contribution in [0.2, 0.25) is 0 Å². The van der Waals surface area contributed by atoms with Crippen molar-refractivity contribution in [1.82, 2.24) is 0 Å². The summed E-state index contributed by atoms with van der Waals surface area (Å²) < 4.78 is 36.8. The fraction of sp³-hybridized carbons (Fsp3) is 0.333. The molecule has 0 aromatic heterocycles. The van der Waals surface area contributed by atoms with Gasteiger partial charge in [0, 0.05) is 41.5 Å². The number of benzene rings is 1. The van der Waals surface area contributed by atoms with Crippen LogP contribution in [0.1, 0.15) is 0 Å². The first-order valence-electron chi connectivity index (χ1n) is 4.59. The van der Waals surface area contributed by atoms with E-state index in [1.54, 1.807) is 0 Å². The molecule has 0 bridgehead atoms. The van der Waals surface area contributed by atoms with Crippen molar-refractivity contribution in [3.05, 3.63) is 33.9 Å². The molecule has 0 amide bonds. The Labute approximate surface area is 98.4 Å². The van der Waals surface area contributed by atoms with Gasteiger partial charge >= 0.3 is 5.69 Å². The highest BCUT2D eigenvalue weighted by Gasteiger charge is 2.21. The van der Waals surface area contributed by atoms with Gasteiger partial charge in [-0.25, -0.2) is 4.39 Å². The first-order valence-corrected chi connectivity index (χ1v) is 6.32. The van der Waals surface area contributed by atoms with Crippen LogP contribution in [-0.4, -0.2) is 27.7 Å².